The fourth-order valence-electron chi connectivity index (χ4n) is 5.10. The molecule has 1 N–H and O–H groups in total. The molecule has 2 heterocycles. The summed E-state index contributed by atoms with van der Waals surface area (Å²) in [7, 11) is 0. The highest BCUT2D eigenvalue weighted by atomic mass is 35.5. The van der Waals surface area contributed by atoms with Gasteiger partial charge in [0, 0.05) is 34.8 Å². The van der Waals surface area contributed by atoms with Crippen molar-refractivity contribution >= 4 is 40.9 Å². The normalized spacial score (nSPS) is 20.7. The zero-order chi connectivity index (χ0) is 25.2. The Bertz CT molecular complexity index is 1270. The van der Waals surface area contributed by atoms with E-state index in [1.807, 2.05) is 37.3 Å². The van der Waals surface area contributed by atoms with Crippen molar-refractivity contribution in [3.05, 3.63) is 92.8 Å². The number of fused-ring (bicyclic) bond motifs is 2. The van der Waals surface area contributed by atoms with Crippen LogP contribution in [0.5, 0.6) is 11.5 Å². The first-order valence-electron chi connectivity index (χ1n) is 12.0. The van der Waals surface area contributed by atoms with Crippen LogP contribution in [0.2, 0.25) is 5.02 Å². The van der Waals surface area contributed by atoms with Crippen LogP contribution in [0.25, 0.3) is 0 Å². The number of allylic oxidation sites excluding steroid dienone is 4. The lowest BCUT2D eigenvalue weighted by Gasteiger charge is -2.37. The van der Waals surface area contributed by atoms with E-state index in [9.17, 15) is 4.79 Å². The molecule has 2 aromatic carbocycles. The number of benzene rings is 2. The number of rotatable bonds is 6. The Hall–Kier alpha value is -2.60. The van der Waals surface area contributed by atoms with Crippen molar-refractivity contribution in [2.75, 3.05) is 19.0 Å². The molecule has 2 unspecified atom stereocenters. The van der Waals surface area contributed by atoms with Gasteiger partial charge in [0.15, 0.2) is 5.75 Å². The molecule has 2 aromatic rings. The number of carbonyl (C=O) groups excluding carboxylic acids is 1. The van der Waals surface area contributed by atoms with E-state index in [1.165, 1.54) is 5.57 Å². The van der Waals surface area contributed by atoms with Crippen molar-refractivity contribution in [1.82, 2.24) is 10.2 Å². The van der Waals surface area contributed by atoms with Crippen LogP contribution in [0.4, 0.5) is 4.79 Å². The summed E-state index contributed by atoms with van der Waals surface area (Å²) in [5, 5.41) is 4.86. The number of halogens is 3. The third-order valence-corrected chi connectivity index (χ3v) is 7.68. The molecular formula is C28H27Cl3N2O3. The van der Waals surface area contributed by atoms with Gasteiger partial charge >= 0.3 is 6.09 Å². The number of nitrogens with one attached hydrogen (secondary N) is 1. The number of alkyl halides is 1. The molecule has 5 nitrogen and oxygen atoms in total. The minimum Gasteiger partial charge on any atom is -0.494 e. The van der Waals surface area contributed by atoms with E-state index in [1.54, 1.807) is 29.2 Å². The van der Waals surface area contributed by atoms with E-state index >= 15 is 0 Å². The fourth-order valence-corrected chi connectivity index (χ4v) is 5.60. The van der Waals surface area contributed by atoms with Crippen LogP contribution in [-0.4, -0.2) is 30.0 Å². The van der Waals surface area contributed by atoms with E-state index in [0.717, 1.165) is 52.6 Å². The van der Waals surface area contributed by atoms with Crippen molar-refractivity contribution in [2.24, 2.45) is 5.92 Å². The van der Waals surface area contributed by atoms with Gasteiger partial charge in [0.05, 0.1) is 11.6 Å². The van der Waals surface area contributed by atoms with Crippen LogP contribution < -0.4 is 14.8 Å². The van der Waals surface area contributed by atoms with Gasteiger partial charge in [-0.2, -0.15) is 0 Å². The molecule has 8 heteroatoms. The zero-order valence-electron chi connectivity index (χ0n) is 19.9. The second-order valence-electron chi connectivity index (χ2n) is 9.11. The zero-order valence-corrected chi connectivity index (χ0v) is 22.2. The van der Waals surface area contributed by atoms with Gasteiger partial charge in [-0.15, -0.1) is 11.6 Å². The van der Waals surface area contributed by atoms with Gasteiger partial charge in [-0.3, -0.25) is 4.90 Å². The molecule has 1 amide bonds. The van der Waals surface area contributed by atoms with Crippen LogP contribution in [-0.2, 0) is 0 Å². The molecule has 188 valence electrons. The van der Waals surface area contributed by atoms with Crippen LogP contribution in [0.3, 0.4) is 0 Å². The smallest absolute Gasteiger partial charge is 0.416 e. The van der Waals surface area contributed by atoms with Crippen molar-refractivity contribution < 1.29 is 14.3 Å². The highest BCUT2D eigenvalue weighted by Gasteiger charge is 2.43. The average molecular weight is 546 g/mol. The molecule has 0 fully saturated rings. The van der Waals surface area contributed by atoms with E-state index < -0.39 is 6.09 Å². The highest BCUT2D eigenvalue weighted by molar-refractivity contribution is 6.32. The number of hydrogen-bond acceptors (Lipinski definition) is 4. The maximum Gasteiger partial charge on any atom is 0.416 e. The topological polar surface area (TPSA) is 50.8 Å². The van der Waals surface area contributed by atoms with E-state index in [0.29, 0.717) is 29.8 Å². The summed E-state index contributed by atoms with van der Waals surface area (Å²) < 4.78 is 11.6. The molecule has 0 saturated carbocycles. The quantitative estimate of drug-likeness (QED) is 0.302. The molecule has 0 aromatic heterocycles. The Morgan fingerprint density at radius 3 is 2.78 bits per heavy atom. The number of amides is 1. The van der Waals surface area contributed by atoms with Gasteiger partial charge in [0.2, 0.25) is 0 Å². The van der Waals surface area contributed by atoms with Crippen molar-refractivity contribution in [3.8, 4) is 11.5 Å². The van der Waals surface area contributed by atoms with Gasteiger partial charge in [0.1, 0.15) is 11.8 Å². The largest absolute Gasteiger partial charge is 0.494 e. The molecule has 0 bridgehead atoms. The first-order valence-corrected chi connectivity index (χ1v) is 13.3. The van der Waals surface area contributed by atoms with Crippen LogP contribution in [0, 0.1) is 12.8 Å². The van der Waals surface area contributed by atoms with Gasteiger partial charge in [-0.1, -0.05) is 41.4 Å². The second-order valence-corrected chi connectivity index (χ2v) is 10.4. The molecule has 2 aliphatic heterocycles. The standard InChI is InChI=1S/C28H27Cl3N2O3/c1-17-15-19(35-14-4-12-29)8-9-20(17)27-26-21(22-16-18(30)7-10-24(22)32-26)11-13-33(27)28(34)36-25-6-3-2-5-23(25)31/h2-3,5-10,15,22,27,32H,4,11-14,16H2,1H3. The Labute approximate surface area is 226 Å². The van der Waals surface area contributed by atoms with E-state index in [-0.39, 0.29) is 12.0 Å². The van der Waals surface area contributed by atoms with Crippen LogP contribution >= 0.6 is 34.8 Å². The lowest BCUT2D eigenvalue weighted by molar-refractivity contribution is 0.133. The SMILES string of the molecule is Cc1cc(OCCCCl)ccc1C1C2=C(CCN1C(=O)Oc1ccccc1Cl)C1CC(Cl)=CC=C1N2. The third-order valence-electron chi connectivity index (χ3n) is 6.82. The minimum absolute atomic E-state index is 0.209. The maximum atomic E-state index is 13.5. The molecule has 1 aliphatic carbocycles. The first kappa shape index (κ1) is 25.1. The summed E-state index contributed by atoms with van der Waals surface area (Å²) >= 11 is 18.5. The molecule has 3 aliphatic rings. The molecule has 0 radical (unpaired) electrons. The Balaban J connectivity index is 1.50. The molecule has 5 rings (SSSR count). The van der Waals surface area contributed by atoms with Crippen LogP contribution in [0.1, 0.15) is 36.4 Å². The predicted molar refractivity (Wildman–Crippen MR) is 144 cm³/mol. The molecule has 2 atom stereocenters. The number of ether oxygens (including phenoxy) is 2. The summed E-state index contributed by atoms with van der Waals surface area (Å²) in [4.78, 5) is 15.3. The predicted octanol–water partition coefficient (Wildman–Crippen LogP) is 7.49. The second kappa shape index (κ2) is 10.8. The van der Waals surface area contributed by atoms with Crippen LogP contribution in [0.15, 0.2) is 76.6 Å². The molecule has 0 saturated heterocycles. The van der Waals surface area contributed by atoms with Crippen molar-refractivity contribution in [2.45, 2.75) is 32.2 Å². The van der Waals surface area contributed by atoms with Crippen molar-refractivity contribution in [3.63, 3.8) is 0 Å². The summed E-state index contributed by atoms with van der Waals surface area (Å²) in [6.45, 7) is 3.12. The lowest BCUT2D eigenvalue weighted by atomic mass is 9.84. The van der Waals surface area contributed by atoms with Gasteiger partial charge < -0.3 is 14.8 Å². The number of aryl methyl sites for hydroxylation is 1. The number of carbonyl (C=O) groups is 1. The van der Waals surface area contributed by atoms with Gasteiger partial charge in [-0.25, -0.2) is 4.79 Å². The molecule has 36 heavy (non-hydrogen) atoms. The van der Waals surface area contributed by atoms with Crippen molar-refractivity contribution in [1.29, 1.82) is 0 Å². The van der Waals surface area contributed by atoms with Gasteiger partial charge in [0.25, 0.3) is 0 Å². The summed E-state index contributed by atoms with van der Waals surface area (Å²) in [5.41, 5.74) is 5.46. The monoisotopic (exact) mass is 544 g/mol. The first-order chi connectivity index (χ1) is 17.5. The fraction of sp³-hybridized carbons (Fsp3) is 0.321. The average Bonchev–Trinajstić information content (AvgIpc) is 3.23. The lowest BCUT2D eigenvalue weighted by Crippen LogP contribution is -2.43. The van der Waals surface area contributed by atoms with Gasteiger partial charge in [-0.05, 0) is 79.3 Å². The highest BCUT2D eigenvalue weighted by Crippen LogP contribution is 2.48. The van der Waals surface area contributed by atoms with E-state index in [4.69, 9.17) is 44.3 Å². The number of nitrogens with zero attached hydrogens (tertiary/aromatic N) is 1. The molecular weight excluding hydrogens is 519 g/mol. The minimum atomic E-state index is -0.441. The summed E-state index contributed by atoms with van der Waals surface area (Å²) in [5.74, 6) is 1.89. The number of para-hydroxylation sites is 1. The summed E-state index contributed by atoms with van der Waals surface area (Å²) in [6, 6.07) is 12.6. The van der Waals surface area contributed by atoms with E-state index in [2.05, 4.69) is 5.32 Å². The third kappa shape index (κ3) is 4.97. The Morgan fingerprint density at radius 1 is 1.17 bits per heavy atom. The Morgan fingerprint density at radius 2 is 2.00 bits per heavy atom. The Kier molecular flexibility index (Phi) is 7.52. The summed E-state index contributed by atoms with van der Waals surface area (Å²) in [6.07, 6.45) is 5.82. The maximum absolute atomic E-state index is 13.5. The molecule has 0 spiro atoms. The number of hydrogen-bond donors (Lipinski definition) is 1.